The molecule has 0 aliphatic rings. The standard InChI is InChI=1S/C14H22N4OS/c1-10-8-20-9-11(10)13(15)14-12(19-4)7-16-18(14)6-5-17(2)3/h7-9,13H,5-6,15H2,1-4H3. The van der Waals surface area contributed by atoms with Gasteiger partial charge in [-0.15, -0.1) is 0 Å². The molecule has 0 bridgehead atoms. The lowest BCUT2D eigenvalue weighted by atomic mass is 10.0. The summed E-state index contributed by atoms with van der Waals surface area (Å²) in [5, 5.41) is 8.62. The lowest BCUT2D eigenvalue weighted by molar-refractivity contribution is 0.363. The van der Waals surface area contributed by atoms with E-state index in [9.17, 15) is 0 Å². The van der Waals surface area contributed by atoms with E-state index < -0.39 is 0 Å². The Morgan fingerprint density at radius 1 is 1.45 bits per heavy atom. The molecule has 2 N–H and O–H groups in total. The van der Waals surface area contributed by atoms with Gasteiger partial charge in [0.05, 0.1) is 25.9 Å². The Balaban J connectivity index is 2.33. The van der Waals surface area contributed by atoms with Gasteiger partial charge in [0.15, 0.2) is 5.75 Å². The Hall–Kier alpha value is -1.37. The molecule has 20 heavy (non-hydrogen) atoms. The van der Waals surface area contributed by atoms with Crippen LogP contribution >= 0.6 is 11.3 Å². The van der Waals surface area contributed by atoms with Crippen molar-refractivity contribution in [3.05, 3.63) is 33.8 Å². The van der Waals surface area contributed by atoms with E-state index in [4.69, 9.17) is 10.5 Å². The smallest absolute Gasteiger partial charge is 0.161 e. The van der Waals surface area contributed by atoms with Gasteiger partial charge >= 0.3 is 0 Å². The molecule has 0 spiro atoms. The van der Waals surface area contributed by atoms with Gasteiger partial charge in [-0.25, -0.2) is 0 Å². The van der Waals surface area contributed by atoms with Crippen LogP contribution < -0.4 is 10.5 Å². The molecule has 1 atom stereocenters. The summed E-state index contributed by atoms with van der Waals surface area (Å²) < 4.78 is 7.36. The Labute approximate surface area is 124 Å². The number of aromatic nitrogens is 2. The van der Waals surface area contributed by atoms with Crippen LogP contribution in [0, 0.1) is 6.92 Å². The van der Waals surface area contributed by atoms with Crippen molar-refractivity contribution in [1.82, 2.24) is 14.7 Å². The Bertz CT molecular complexity index is 561. The molecule has 0 amide bonds. The molecule has 2 aromatic heterocycles. The maximum absolute atomic E-state index is 6.44. The van der Waals surface area contributed by atoms with E-state index in [1.165, 1.54) is 5.56 Å². The fraction of sp³-hybridized carbons (Fsp3) is 0.500. The molecular formula is C14H22N4OS. The molecule has 6 heteroatoms. The zero-order valence-corrected chi connectivity index (χ0v) is 13.3. The second kappa shape index (κ2) is 6.39. The van der Waals surface area contributed by atoms with Crippen LogP contribution in [0.15, 0.2) is 17.0 Å². The normalized spacial score (nSPS) is 12.9. The summed E-state index contributed by atoms with van der Waals surface area (Å²) in [5.41, 5.74) is 9.73. The molecule has 0 radical (unpaired) electrons. The predicted molar refractivity (Wildman–Crippen MR) is 82.4 cm³/mol. The van der Waals surface area contributed by atoms with E-state index >= 15 is 0 Å². The zero-order chi connectivity index (χ0) is 14.7. The van der Waals surface area contributed by atoms with Crippen molar-refractivity contribution in [2.24, 2.45) is 5.73 Å². The van der Waals surface area contributed by atoms with Crippen LogP contribution in [0.25, 0.3) is 0 Å². The monoisotopic (exact) mass is 294 g/mol. The van der Waals surface area contributed by atoms with Gasteiger partial charge in [-0.1, -0.05) is 0 Å². The number of hydrogen-bond donors (Lipinski definition) is 1. The van der Waals surface area contributed by atoms with Crippen LogP contribution in [0.2, 0.25) is 0 Å². The Morgan fingerprint density at radius 2 is 2.20 bits per heavy atom. The minimum Gasteiger partial charge on any atom is -0.493 e. The quantitative estimate of drug-likeness (QED) is 0.883. The molecule has 0 aliphatic heterocycles. The molecule has 0 fully saturated rings. The van der Waals surface area contributed by atoms with E-state index in [1.807, 2.05) is 18.8 Å². The number of aryl methyl sites for hydroxylation is 1. The van der Waals surface area contributed by atoms with Crippen LogP contribution in [0.3, 0.4) is 0 Å². The minimum atomic E-state index is -0.208. The molecule has 0 aromatic carbocycles. The largest absolute Gasteiger partial charge is 0.493 e. The van der Waals surface area contributed by atoms with Crippen molar-refractivity contribution in [3.8, 4) is 5.75 Å². The molecule has 2 heterocycles. The van der Waals surface area contributed by atoms with Gasteiger partial charge in [0, 0.05) is 6.54 Å². The SMILES string of the molecule is COc1cnn(CCN(C)C)c1C(N)c1cscc1C. The van der Waals surface area contributed by atoms with E-state index in [0.29, 0.717) is 0 Å². The number of hydrogen-bond acceptors (Lipinski definition) is 5. The van der Waals surface area contributed by atoms with Gasteiger partial charge in [0.1, 0.15) is 5.69 Å². The number of nitrogens with zero attached hydrogens (tertiary/aromatic N) is 3. The molecule has 0 aliphatic carbocycles. The van der Waals surface area contributed by atoms with Crippen molar-refractivity contribution in [3.63, 3.8) is 0 Å². The maximum Gasteiger partial charge on any atom is 0.161 e. The highest BCUT2D eigenvalue weighted by Crippen LogP contribution is 2.31. The van der Waals surface area contributed by atoms with Gasteiger partial charge in [0.25, 0.3) is 0 Å². The highest BCUT2D eigenvalue weighted by atomic mass is 32.1. The van der Waals surface area contributed by atoms with Crippen LogP contribution in [0.5, 0.6) is 5.75 Å². The summed E-state index contributed by atoms with van der Waals surface area (Å²) in [5.74, 6) is 0.752. The number of likely N-dealkylation sites (N-methyl/N-ethyl adjacent to an activating group) is 1. The Morgan fingerprint density at radius 3 is 2.75 bits per heavy atom. The second-order valence-corrected chi connectivity index (χ2v) is 5.86. The maximum atomic E-state index is 6.44. The summed E-state index contributed by atoms with van der Waals surface area (Å²) in [6, 6.07) is -0.208. The third-order valence-electron chi connectivity index (χ3n) is 3.35. The van der Waals surface area contributed by atoms with Crippen molar-refractivity contribution in [2.75, 3.05) is 27.7 Å². The summed E-state index contributed by atoms with van der Waals surface area (Å²) in [6.07, 6.45) is 1.74. The average Bonchev–Trinajstić information content (AvgIpc) is 3.01. The topological polar surface area (TPSA) is 56.3 Å². The molecule has 110 valence electrons. The van der Waals surface area contributed by atoms with Crippen molar-refractivity contribution < 1.29 is 4.74 Å². The lowest BCUT2D eigenvalue weighted by Crippen LogP contribution is -2.23. The molecule has 2 aromatic rings. The van der Waals surface area contributed by atoms with Gasteiger partial charge in [-0.05, 0) is 42.9 Å². The first-order valence-electron chi connectivity index (χ1n) is 6.57. The second-order valence-electron chi connectivity index (χ2n) is 5.11. The first kappa shape index (κ1) is 15.0. The van der Waals surface area contributed by atoms with E-state index in [2.05, 4.69) is 27.7 Å². The van der Waals surface area contributed by atoms with Crippen LogP contribution in [0.1, 0.15) is 22.9 Å². The molecule has 5 nitrogen and oxygen atoms in total. The molecular weight excluding hydrogens is 272 g/mol. The predicted octanol–water partition coefficient (Wildman–Crippen LogP) is 1.87. The van der Waals surface area contributed by atoms with E-state index in [-0.39, 0.29) is 6.04 Å². The van der Waals surface area contributed by atoms with Gasteiger partial charge in [-0.3, -0.25) is 4.68 Å². The molecule has 0 saturated heterocycles. The van der Waals surface area contributed by atoms with Crippen LogP contribution in [-0.2, 0) is 6.54 Å². The highest BCUT2D eigenvalue weighted by Gasteiger charge is 2.22. The third-order valence-corrected chi connectivity index (χ3v) is 4.23. The molecule has 2 rings (SSSR count). The van der Waals surface area contributed by atoms with Crippen molar-refractivity contribution in [1.29, 1.82) is 0 Å². The first-order chi connectivity index (χ1) is 9.54. The van der Waals surface area contributed by atoms with E-state index in [0.717, 1.165) is 30.1 Å². The number of ether oxygens (including phenoxy) is 1. The highest BCUT2D eigenvalue weighted by molar-refractivity contribution is 7.08. The van der Waals surface area contributed by atoms with E-state index in [1.54, 1.807) is 24.6 Å². The van der Waals surface area contributed by atoms with Crippen molar-refractivity contribution in [2.45, 2.75) is 19.5 Å². The fourth-order valence-corrected chi connectivity index (χ4v) is 3.05. The number of rotatable bonds is 6. The first-order valence-corrected chi connectivity index (χ1v) is 7.51. The number of nitrogens with two attached hydrogens (primary N) is 1. The average molecular weight is 294 g/mol. The minimum absolute atomic E-state index is 0.208. The van der Waals surface area contributed by atoms with Crippen LogP contribution in [0.4, 0.5) is 0 Å². The summed E-state index contributed by atoms with van der Waals surface area (Å²) in [6.45, 7) is 3.79. The van der Waals surface area contributed by atoms with Gasteiger partial charge in [0.2, 0.25) is 0 Å². The fourth-order valence-electron chi connectivity index (χ4n) is 2.16. The summed E-state index contributed by atoms with van der Waals surface area (Å²) in [7, 11) is 5.75. The lowest BCUT2D eigenvalue weighted by Gasteiger charge is -2.17. The Kier molecular flexibility index (Phi) is 4.80. The third kappa shape index (κ3) is 3.03. The number of thiophene rings is 1. The van der Waals surface area contributed by atoms with Gasteiger partial charge in [-0.2, -0.15) is 16.4 Å². The summed E-state index contributed by atoms with van der Waals surface area (Å²) in [4.78, 5) is 2.12. The van der Waals surface area contributed by atoms with Crippen molar-refractivity contribution >= 4 is 11.3 Å². The van der Waals surface area contributed by atoms with Gasteiger partial charge < -0.3 is 15.4 Å². The molecule has 1 unspecified atom stereocenters. The summed E-state index contributed by atoms with van der Waals surface area (Å²) >= 11 is 1.67. The molecule has 0 saturated carbocycles. The number of methoxy groups -OCH3 is 1. The van der Waals surface area contributed by atoms with Crippen LogP contribution in [-0.4, -0.2) is 42.4 Å². The zero-order valence-electron chi connectivity index (χ0n) is 12.5.